The number of furan rings is 1. The first-order chi connectivity index (χ1) is 12.8. The first-order valence-corrected chi connectivity index (χ1v) is 11.0. The van der Waals surface area contributed by atoms with E-state index in [0.717, 1.165) is 12.8 Å². The van der Waals surface area contributed by atoms with Crippen LogP contribution in [-0.2, 0) is 4.79 Å². The second kappa shape index (κ2) is 15.9. The average Bonchev–Trinajstić information content (AvgIpc) is 3.18. The minimum Gasteiger partial charge on any atom is -0.464 e. The average molecular weight is 361 g/mol. The summed E-state index contributed by atoms with van der Waals surface area (Å²) in [6.07, 6.45) is 22.3. The summed E-state index contributed by atoms with van der Waals surface area (Å²) in [7, 11) is 0. The number of unbranched alkanes of at least 4 members (excludes halogenated alkanes) is 14. The first kappa shape index (κ1) is 22.7. The minimum atomic E-state index is 0.120. The Morgan fingerprint density at radius 1 is 0.808 bits per heavy atom. The van der Waals surface area contributed by atoms with Gasteiger partial charge in [0.2, 0.25) is 0 Å². The molecule has 0 aliphatic heterocycles. The maximum absolute atomic E-state index is 12.0. The third kappa shape index (κ3) is 11.3. The molecule has 26 heavy (non-hydrogen) atoms. The van der Waals surface area contributed by atoms with Gasteiger partial charge in [0.05, 0.1) is 11.8 Å². The molecule has 1 aromatic rings. The summed E-state index contributed by atoms with van der Waals surface area (Å²) in [6, 6.07) is 3.59. The van der Waals surface area contributed by atoms with Crippen LogP contribution in [0.25, 0.3) is 5.57 Å². The fraction of sp³-hybridized carbons (Fsp3) is 0.708. The Bertz CT molecular complexity index is 459. The van der Waals surface area contributed by atoms with Gasteiger partial charge < -0.3 is 4.42 Å². The van der Waals surface area contributed by atoms with Crippen molar-refractivity contribution in [1.82, 2.24) is 0 Å². The van der Waals surface area contributed by atoms with E-state index in [2.05, 4.69) is 13.5 Å². The molecule has 1 rings (SSSR count). The van der Waals surface area contributed by atoms with Crippen LogP contribution in [0, 0.1) is 0 Å². The van der Waals surface area contributed by atoms with E-state index in [4.69, 9.17) is 4.42 Å². The third-order valence-corrected chi connectivity index (χ3v) is 5.16. The summed E-state index contributed by atoms with van der Waals surface area (Å²) in [5, 5.41) is 0. The zero-order valence-corrected chi connectivity index (χ0v) is 17.1. The van der Waals surface area contributed by atoms with E-state index in [1.54, 1.807) is 18.4 Å². The van der Waals surface area contributed by atoms with Gasteiger partial charge >= 0.3 is 0 Å². The van der Waals surface area contributed by atoms with Gasteiger partial charge in [0.1, 0.15) is 5.76 Å². The summed E-state index contributed by atoms with van der Waals surface area (Å²) in [5.74, 6) is 0.727. The van der Waals surface area contributed by atoms with Crippen LogP contribution in [0.4, 0.5) is 0 Å². The van der Waals surface area contributed by atoms with Gasteiger partial charge in [-0.2, -0.15) is 0 Å². The molecule has 1 heterocycles. The van der Waals surface area contributed by atoms with Crippen molar-refractivity contribution in [1.29, 1.82) is 0 Å². The SMILES string of the molecule is C=C(C(=O)CCCCCCCCCCCCCCCCC)c1ccco1. The molecule has 0 radical (unpaired) electrons. The fourth-order valence-corrected chi connectivity index (χ4v) is 3.40. The summed E-state index contributed by atoms with van der Waals surface area (Å²) in [6.45, 7) is 6.12. The lowest BCUT2D eigenvalue weighted by Crippen LogP contribution is -1.99. The molecule has 148 valence electrons. The maximum Gasteiger partial charge on any atom is 0.166 e. The van der Waals surface area contributed by atoms with Gasteiger partial charge in [-0.3, -0.25) is 4.79 Å². The van der Waals surface area contributed by atoms with Crippen LogP contribution in [-0.4, -0.2) is 5.78 Å². The van der Waals surface area contributed by atoms with Gasteiger partial charge in [-0.25, -0.2) is 0 Å². The molecule has 0 amide bonds. The molecule has 0 saturated heterocycles. The Hall–Kier alpha value is -1.31. The molecule has 0 bridgehead atoms. The second-order valence-corrected chi connectivity index (χ2v) is 7.58. The van der Waals surface area contributed by atoms with Gasteiger partial charge in [0.25, 0.3) is 0 Å². The van der Waals surface area contributed by atoms with E-state index < -0.39 is 0 Å². The van der Waals surface area contributed by atoms with E-state index in [9.17, 15) is 4.79 Å². The van der Waals surface area contributed by atoms with E-state index in [-0.39, 0.29) is 5.78 Å². The topological polar surface area (TPSA) is 30.2 Å². The second-order valence-electron chi connectivity index (χ2n) is 7.58. The first-order valence-electron chi connectivity index (χ1n) is 11.0. The van der Waals surface area contributed by atoms with Crippen molar-refractivity contribution in [3.05, 3.63) is 30.7 Å². The largest absolute Gasteiger partial charge is 0.464 e. The van der Waals surface area contributed by atoms with Crippen LogP contribution in [0.1, 0.15) is 115 Å². The summed E-state index contributed by atoms with van der Waals surface area (Å²) in [4.78, 5) is 12.0. The van der Waals surface area contributed by atoms with Gasteiger partial charge in [-0.15, -0.1) is 0 Å². The monoisotopic (exact) mass is 360 g/mol. The van der Waals surface area contributed by atoms with E-state index in [1.165, 1.54) is 83.5 Å². The molecule has 0 unspecified atom stereocenters. The molecule has 0 aliphatic carbocycles. The third-order valence-electron chi connectivity index (χ3n) is 5.16. The molecule has 0 aromatic carbocycles. The summed E-state index contributed by atoms with van der Waals surface area (Å²) >= 11 is 0. The lowest BCUT2D eigenvalue weighted by Gasteiger charge is -2.04. The molecule has 2 heteroatoms. The smallest absolute Gasteiger partial charge is 0.166 e. The molecule has 0 spiro atoms. The standard InChI is InChI=1S/C24H40O2/c1-3-4-5-6-7-8-9-10-11-12-13-14-15-16-17-19-23(25)22(2)24-20-18-21-26-24/h18,20-21H,2-17,19H2,1H3. The van der Waals surface area contributed by atoms with Crippen LogP contribution in [0.5, 0.6) is 0 Å². The summed E-state index contributed by atoms with van der Waals surface area (Å²) < 4.78 is 5.22. The number of Topliss-reactive ketones (excluding diaryl/α,β-unsaturated/α-hetero) is 1. The van der Waals surface area contributed by atoms with Gasteiger partial charge in [0.15, 0.2) is 5.78 Å². The quantitative estimate of drug-likeness (QED) is 0.195. The van der Waals surface area contributed by atoms with Crippen LogP contribution in [0.3, 0.4) is 0 Å². The number of rotatable bonds is 18. The number of carbonyl (C=O) groups is 1. The van der Waals surface area contributed by atoms with Crippen molar-refractivity contribution in [2.75, 3.05) is 0 Å². The Labute approximate surface area is 161 Å². The Morgan fingerprint density at radius 3 is 1.69 bits per heavy atom. The lowest BCUT2D eigenvalue weighted by atomic mass is 10.0. The minimum absolute atomic E-state index is 0.120. The van der Waals surface area contributed by atoms with Crippen molar-refractivity contribution in [3.63, 3.8) is 0 Å². The van der Waals surface area contributed by atoms with Crippen LogP contribution in [0.15, 0.2) is 29.4 Å². The van der Waals surface area contributed by atoms with Gasteiger partial charge in [0, 0.05) is 6.42 Å². The zero-order chi connectivity index (χ0) is 18.9. The number of carbonyl (C=O) groups excluding carboxylic acids is 1. The highest BCUT2D eigenvalue weighted by molar-refractivity contribution is 6.19. The number of hydrogen-bond donors (Lipinski definition) is 0. The number of allylic oxidation sites excluding steroid dienone is 1. The summed E-state index contributed by atoms with van der Waals surface area (Å²) in [5.41, 5.74) is 0.514. The molecule has 1 aromatic heterocycles. The normalized spacial score (nSPS) is 11.0. The van der Waals surface area contributed by atoms with Crippen molar-refractivity contribution in [2.45, 2.75) is 110 Å². The molecule has 0 N–H and O–H groups in total. The molecule has 0 aliphatic rings. The molecule has 2 nitrogen and oxygen atoms in total. The molecular weight excluding hydrogens is 320 g/mol. The van der Waals surface area contributed by atoms with Gasteiger partial charge in [-0.1, -0.05) is 103 Å². The van der Waals surface area contributed by atoms with Crippen molar-refractivity contribution in [3.8, 4) is 0 Å². The molecule has 0 fully saturated rings. The highest BCUT2D eigenvalue weighted by Gasteiger charge is 2.11. The van der Waals surface area contributed by atoms with E-state index in [0.29, 0.717) is 17.8 Å². The van der Waals surface area contributed by atoms with Gasteiger partial charge in [-0.05, 0) is 18.6 Å². The highest BCUT2D eigenvalue weighted by Crippen LogP contribution is 2.18. The van der Waals surface area contributed by atoms with Crippen LogP contribution >= 0.6 is 0 Å². The van der Waals surface area contributed by atoms with Crippen LogP contribution < -0.4 is 0 Å². The number of ketones is 1. The Balaban J connectivity index is 1.81. The van der Waals surface area contributed by atoms with Crippen molar-refractivity contribution in [2.24, 2.45) is 0 Å². The zero-order valence-electron chi connectivity index (χ0n) is 17.1. The molecular formula is C24H40O2. The van der Waals surface area contributed by atoms with E-state index >= 15 is 0 Å². The van der Waals surface area contributed by atoms with E-state index in [1.807, 2.05) is 0 Å². The van der Waals surface area contributed by atoms with Crippen LogP contribution in [0.2, 0.25) is 0 Å². The predicted molar refractivity (Wildman–Crippen MR) is 112 cm³/mol. The number of hydrogen-bond acceptors (Lipinski definition) is 2. The maximum atomic E-state index is 12.0. The Kier molecular flexibility index (Phi) is 13.9. The highest BCUT2D eigenvalue weighted by atomic mass is 16.3. The lowest BCUT2D eigenvalue weighted by molar-refractivity contribution is -0.113. The Morgan fingerprint density at radius 2 is 1.27 bits per heavy atom. The molecule has 0 atom stereocenters. The van der Waals surface area contributed by atoms with Crippen molar-refractivity contribution >= 4 is 11.4 Å². The molecule has 0 saturated carbocycles. The predicted octanol–water partition coefficient (Wildman–Crippen LogP) is 8.12. The van der Waals surface area contributed by atoms with Crippen molar-refractivity contribution < 1.29 is 9.21 Å². The fourth-order valence-electron chi connectivity index (χ4n) is 3.40.